The largest absolute Gasteiger partial charge is 0.486 e. The van der Waals surface area contributed by atoms with Crippen molar-refractivity contribution in [1.29, 1.82) is 0 Å². The third-order valence-corrected chi connectivity index (χ3v) is 5.41. The van der Waals surface area contributed by atoms with Crippen molar-refractivity contribution in [1.82, 2.24) is 9.88 Å². The van der Waals surface area contributed by atoms with E-state index in [2.05, 4.69) is 27.3 Å². The number of fused-ring (bicyclic) bond motifs is 1. The number of hydrogen-bond donors (Lipinski definition) is 1. The van der Waals surface area contributed by atoms with Gasteiger partial charge in [-0.25, -0.2) is 4.98 Å². The van der Waals surface area contributed by atoms with Gasteiger partial charge < -0.3 is 14.8 Å². The highest BCUT2D eigenvalue weighted by atomic mass is 32.1. The van der Waals surface area contributed by atoms with Gasteiger partial charge in [-0.2, -0.15) is 0 Å². The maximum atomic E-state index is 11.1. The lowest BCUT2D eigenvalue weighted by molar-refractivity contribution is -0.114. The van der Waals surface area contributed by atoms with Crippen LogP contribution in [0.5, 0.6) is 11.5 Å². The highest BCUT2D eigenvalue weighted by molar-refractivity contribution is 7.15. The SMILES string of the molecule is CC(=O)Nc1ncc(CN2CCCC2c2ccc3c(c2)OCCO3)s1. The fourth-order valence-electron chi connectivity index (χ4n) is 3.45. The monoisotopic (exact) mass is 359 g/mol. The van der Waals surface area contributed by atoms with E-state index in [1.54, 1.807) is 0 Å². The summed E-state index contributed by atoms with van der Waals surface area (Å²) in [6, 6.07) is 6.66. The summed E-state index contributed by atoms with van der Waals surface area (Å²) in [4.78, 5) is 19.1. The first kappa shape index (κ1) is 16.4. The minimum Gasteiger partial charge on any atom is -0.486 e. The van der Waals surface area contributed by atoms with Crippen molar-refractivity contribution < 1.29 is 14.3 Å². The van der Waals surface area contributed by atoms with E-state index < -0.39 is 0 Å². The van der Waals surface area contributed by atoms with E-state index in [1.165, 1.54) is 30.2 Å². The van der Waals surface area contributed by atoms with Crippen molar-refractivity contribution in [2.24, 2.45) is 0 Å². The average molecular weight is 359 g/mol. The Kier molecular flexibility index (Phi) is 4.59. The Bertz CT molecular complexity index is 777. The minimum atomic E-state index is -0.0868. The number of nitrogens with zero attached hydrogens (tertiary/aromatic N) is 2. The second-order valence-corrected chi connectivity index (χ2v) is 7.46. The number of aromatic nitrogens is 1. The summed E-state index contributed by atoms with van der Waals surface area (Å²) in [6.07, 6.45) is 4.17. The maximum absolute atomic E-state index is 11.1. The van der Waals surface area contributed by atoms with Gasteiger partial charge >= 0.3 is 0 Å². The number of carbonyl (C=O) groups is 1. The van der Waals surface area contributed by atoms with E-state index in [0.717, 1.165) is 35.9 Å². The van der Waals surface area contributed by atoms with Gasteiger partial charge in [-0.05, 0) is 37.1 Å². The molecule has 25 heavy (non-hydrogen) atoms. The normalized spacial score (nSPS) is 19.8. The number of nitrogens with one attached hydrogen (secondary N) is 1. The molecule has 0 aliphatic carbocycles. The Balaban J connectivity index is 1.49. The second-order valence-electron chi connectivity index (χ2n) is 6.34. The number of anilines is 1. The van der Waals surface area contributed by atoms with Crippen LogP contribution in [-0.2, 0) is 11.3 Å². The molecule has 6 nitrogen and oxygen atoms in total. The summed E-state index contributed by atoms with van der Waals surface area (Å²) >= 11 is 1.54. The van der Waals surface area contributed by atoms with E-state index in [4.69, 9.17) is 9.47 Å². The molecule has 2 aliphatic heterocycles. The lowest BCUT2D eigenvalue weighted by Gasteiger charge is -2.26. The highest BCUT2D eigenvalue weighted by Crippen LogP contribution is 2.39. The first-order valence-electron chi connectivity index (χ1n) is 8.55. The Labute approximate surface area is 150 Å². The van der Waals surface area contributed by atoms with Crippen LogP contribution < -0.4 is 14.8 Å². The van der Waals surface area contributed by atoms with Crippen LogP contribution in [0, 0.1) is 0 Å². The number of ether oxygens (including phenoxy) is 2. The van der Waals surface area contributed by atoms with Crippen LogP contribution >= 0.6 is 11.3 Å². The molecular weight excluding hydrogens is 338 g/mol. The number of amides is 1. The van der Waals surface area contributed by atoms with Crippen LogP contribution in [0.4, 0.5) is 5.13 Å². The molecule has 4 rings (SSSR count). The van der Waals surface area contributed by atoms with Gasteiger partial charge in [-0.1, -0.05) is 6.07 Å². The van der Waals surface area contributed by atoms with Crippen molar-refractivity contribution in [2.75, 3.05) is 25.1 Å². The van der Waals surface area contributed by atoms with Gasteiger partial charge in [-0.15, -0.1) is 11.3 Å². The van der Waals surface area contributed by atoms with Crippen LogP contribution in [0.2, 0.25) is 0 Å². The van der Waals surface area contributed by atoms with Crippen molar-refractivity contribution in [3.8, 4) is 11.5 Å². The Morgan fingerprint density at radius 3 is 3.04 bits per heavy atom. The summed E-state index contributed by atoms with van der Waals surface area (Å²) < 4.78 is 11.3. The van der Waals surface area contributed by atoms with Crippen LogP contribution in [0.25, 0.3) is 0 Å². The van der Waals surface area contributed by atoms with Crippen molar-refractivity contribution in [3.05, 3.63) is 34.8 Å². The molecule has 1 atom stereocenters. The molecule has 1 aromatic carbocycles. The third-order valence-electron chi connectivity index (χ3n) is 4.51. The molecule has 7 heteroatoms. The van der Waals surface area contributed by atoms with E-state index in [-0.39, 0.29) is 5.91 Å². The first-order chi connectivity index (χ1) is 12.2. The molecule has 1 fully saturated rings. The van der Waals surface area contributed by atoms with Crippen molar-refractivity contribution in [3.63, 3.8) is 0 Å². The zero-order chi connectivity index (χ0) is 17.2. The van der Waals surface area contributed by atoms with E-state index >= 15 is 0 Å². The molecule has 2 aliphatic rings. The molecule has 1 aromatic heterocycles. The summed E-state index contributed by atoms with van der Waals surface area (Å²) in [5, 5.41) is 3.41. The molecule has 1 amide bonds. The zero-order valence-corrected chi connectivity index (χ0v) is 15.0. The third kappa shape index (κ3) is 3.62. The molecule has 3 heterocycles. The molecule has 132 valence electrons. The fraction of sp³-hybridized carbons (Fsp3) is 0.444. The molecule has 1 N–H and O–H groups in total. The maximum Gasteiger partial charge on any atom is 0.223 e. The summed E-state index contributed by atoms with van der Waals surface area (Å²) in [7, 11) is 0. The lowest BCUT2D eigenvalue weighted by atomic mass is 10.0. The summed E-state index contributed by atoms with van der Waals surface area (Å²) in [5.41, 5.74) is 1.27. The van der Waals surface area contributed by atoms with E-state index in [9.17, 15) is 4.79 Å². The molecule has 2 aromatic rings. The quantitative estimate of drug-likeness (QED) is 0.908. The number of likely N-dealkylation sites (tertiary alicyclic amines) is 1. The van der Waals surface area contributed by atoms with Crippen LogP contribution in [0.15, 0.2) is 24.4 Å². The smallest absolute Gasteiger partial charge is 0.223 e. The zero-order valence-electron chi connectivity index (χ0n) is 14.2. The highest BCUT2D eigenvalue weighted by Gasteiger charge is 2.27. The molecule has 1 unspecified atom stereocenters. The van der Waals surface area contributed by atoms with Gasteiger partial charge in [0.05, 0.1) is 0 Å². The number of carbonyl (C=O) groups excluding carboxylic acids is 1. The van der Waals surface area contributed by atoms with Gasteiger partial charge in [0.2, 0.25) is 5.91 Å². The van der Waals surface area contributed by atoms with Crippen LogP contribution in [0.3, 0.4) is 0 Å². The van der Waals surface area contributed by atoms with Crippen LogP contribution in [0.1, 0.15) is 36.2 Å². The predicted molar refractivity (Wildman–Crippen MR) is 96.2 cm³/mol. The summed E-state index contributed by atoms with van der Waals surface area (Å²) in [6.45, 7) is 4.63. The molecular formula is C18H21N3O3S. The second kappa shape index (κ2) is 7.01. The van der Waals surface area contributed by atoms with Crippen LogP contribution in [-0.4, -0.2) is 35.5 Å². The fourth-order valence-corrected chi connectivity index (χ4v) is 4.33. The Morgan fingerprint density at radius 1 is 1.36 bits per heavy atom. The summed E-state index contributed by atoms with van der Waals surface area (Å²) in [5.74, 6) is 1.60. The number of thiazole rings is 1. The van der Waals surface area contributed by atoms with E-state index in [1.807, 2.05) is 12.3 Å². The molecule has 0 bridgehead atoms. The van der Waals surface area contributed by atoms with Gasteiger partial charge in [0.25, 0.3) is 0 Å². The Morgan fingerprint density at radius 2 is 2.20 bits per heavy atom. The first-order valence-corrected chi connectivity index (χ1v) is 9.36. The number of rotatable bonds is 4. The lowest BCUT2D eigenvalue weighted by Crippen LogP contribution is -2.22. The molecule has 1 saturated heterocycles. The molecule has 0 saturated carbocycles. The standard InChI is InChI=1S/C18H21N3O3S/c1-12(22)20-18-19-10-14(25-18)11-21-6-2-3-15(21)13-4-5-16-17(9-13)24-8-7-23-16/h4-5,9-10,15H,2-3,6-8,11H2,1H3,(H,19,20,22). The predicted octanol–water partition coefficient (Wildman–Crippen LogP) is 3.21. The van der Waals surface area contributed by atoms with Crippen molar-refractivity contribution in [2.45, 2.75) is 32.4 Å². The van der Waals surface area contributed by atoms with Gasteiger partial charge in [0.15, 0.2) is 16.6 Å². The number of benzene rings is 1. The number of hydrogen-bond acceptors (Lipinski definition) is 6. The van der Waals surface area contributed by atoms with Gasteiger partial charge in [0.1, 0.15) is 13.2 Å². The van der Waals surface area contributed by atoms with Crippen molar-refractivity contribution >= 4 is 22.4 Å². The van der Waals surface area contributed by atoms with Gasteiger partial charge in [-0.3, -0.25) is 9.69 Å². The van der Waals surface area contributed by atoms with Gasteiger partial charge in [0, 0.05) is 30.6 Å². The minimum absolute atomic E-state index is 0.0868. The topological polar surface area (TPSA) is 63.7 Å². The molecule has 0 spiro atoms. The average Bonchev–Trinajstić information content (AvgIpc) is 3.24. The Hall–Kier alpha value is -2.12. The van der Waals surface area contributed by atoms with E-state index in [0.29, 0.717) is 24.4 Å². The molecule has 0 radical (unpaired) electrons.